The van der Waals surface area contributed by atoms with E-state index in [-0.39, 0.29) is 5.91 Å². The van der Waals surface area contributed by atoms with Gasteiger partial charge in [0.2, 0.25) is 5.91 Å². The van der Waals surface area contributed by atoms with Gasteiger partial charge in [0.25, 0.3) is 0 Å². The van der Waals surface area contributed by atoms with E-state index < -0.39 is 0 Å². The lowest BCUT2D eigenvalue weighted by atomic mass is 10.3. The number of carbonyl (C=O) groups excluding carboxylic acids is 1. The Morgan fingerprint density at radius 2 is 2.20 bits per heavy atom. The number of thioether (sulfide) groups is 1. The fourth-order valence-electron chi connectivity index (χ4n) is 1.51. The molecule has 106 valence electrons. The fourth-order valence-corrected chi connectivity index (χ4v) is 2.80. The first kappa shape index (κ1) is 14.9. The summed E-state index contributed by atoms with van der Waals surface area (Å²) in [6.07, 6.45) is 4.13. The van der Waals surface area contributed by atoms with Crippen LogP contribution in [0.15, 0.2) is 23.8 Å². The molecule has 0 aliphatic rings. The third-order valence-electron chi connectivity index (χ3n) is 2.45. The molecule has 2 heterocycles. The summed E-state index contributed by atoms with van der Waals surface area (Å²) in [5, 5.41) is 5.69. The van der Waals surface area contributed by atoms with Gasteiger partial charge in [0.1, 0.15) is 0 Å². The van der Waals surface area contributed by atoms with Crippen molar-refractivity contribution < 1.29 is 4.79 Å². The zero-order valence-corrected chi connectivity index (χ0v) is 12.8. The topological polar surface area (TPSA) is 67.8 Å². The first-order valence-electron chi connectivity index (χ1n) is 6.36. The van der Waals surface area contributed by atoms with Gasteiger partial charge in [-0.25, -0.2) is 15.0 Å². The molecule has 2 rings (SSSR count). The SMILES string of the molecule is CCSCC(=O)NCCc1csc(-c2ncccn2)n1. The summed E-state index contributed by atoms with van der Waals surface area (Å²) in [7, 11) is 0. The van der Waals surface area contributed by atoms with Crippen molar-refractivity contribution in [3.05, 3.63) is 29.5 Å². The molecule has 0 atom stereocenters. The molecule has 0 saturated heterocycles. The summed E-state index contributed by atoms with van der Waals surface area (Å²) in [5.41, 5.74) is 0.959. The number of amides is 1. The molecule has 20 heavy (non-hydrogen) atoms. The number of carbonyl (C=O) groups is 1. The molecule has 0 fully saturated rings. The second kappa shape index (κ2) is 7.96. The molecule has 1 N–H and O–H groups in total. The smallest absolute Gasteiger partial charge is 0.230 e. The van der Waals surface area contributed by atoms with E-state index in [0.717, 1.165) is 22.9 Å². The van der Waals surface area contributed by atoms with E-state index in [9.17, 15) is 4.79 Å². The largest absolute Gasteiger partial charge is 0.355 e. The van der Waals surface area contributed by atoms with E-state index in [1.54, 1.807) is 30.2 Å². The zero-order chi connectivity index (χ0) is 14.2. The highest BCUT2D eigenvalue weighted by Gasteiger charge is 2.07. The van der Waals surface area contributed by atoms with Gasteiger partial charge in [0.15, 0.2) is 10.8 Å². The number of nitrogens with one attached hydrogen (secondary N) is 1. The highest BCUT2D eigenvalue weighted by molar-refractivity contribution is 7.99. The van der Waals surface area contributed by atoms with E-state index in [1.807, 2.05) is 12.3 Å². The van der Waals surface area contributed by atoms with Crippen LogP contribution >= 0.6 is 23.1 Å². The quantitative estimate of drug-likeness (QED) is 0.847. The Morgan fingerprint density at radius 1 is 1.40 bits per heavy atom. The molecular weight excluding hydrogens is 292 g/mol. The molecule has 7 heteroatoms. The van der Waals surface area contributed by atoms with Crippen LogP contribution in [0.2, 0.25) is 0 Å². The lowest BCUT2D eigenvalue weighted by molar-refractivity contribution is -0.118. The summed E-state index contributed by atoms with van der Waals surface area (Å²) < 4.78 is 0. The van der Waals surface area contributed by atoms with Gasteiger partial charge < -0.3 is 5.32 Å². The maximum atomic E-state index is 11.4. The molecule has 1 amide bonds. The Balaban J connectivity index is 1.80. The van der Waals surface area contributed by atoms with Gasteiger partial charge in [-0.2, -0.15) is 11.8 Å². The molecule has 0 aromatic carbocycles. The molecule has 2 aromatic rings. The average Bonchev–Trinajstić information content (AvgIpc) is 2.95. The van der Waals surface area contributed by atoms with Crippen LogP contribution in [0.4, 0.5) is 0 Å². The Morgan fingerprint density at radius 3 is 2.95 bits per heavy atom. The Kier molecular flexibility index (Phi) is 5.94. The molecule has 0 unspecified atom stereocenters. The number of hydrogen-bond donors (Lipinski definition) is 1. The second-order valence-electron chi connectivity index (χ2n) is 3.95. The fraction of sp³-hybridized carbons (Fsp3) is 0.385. The van der Waals surface area contributed by atoms with Crippen LogP contribution in [0, 0.1) is 0 Å². The second-order valence-corrected chi connectivity index (χ2v) is 6.09. The van der Waals surface area contributed by atoms with E-state index in [4.69, 9.17) is 0 Å². The minimum absolute atomic E-state index is 0.0821. The molecule has 0 bridgehead atoms. The van der Waals surface area contributed by atoms with Crippen molar-refractivity contribution in [3.63, 3.8) is 0 Å². The highest BCUT2D eigenvalue weighted by atomic mass is 32.2. The van der Waals surface area contributed by atoms with Gasteiger partial charge >= 0.3 is 0 Å². The lowest BCUT2D eigenvalue weighted by Crippen LogP contribution is -2.27. The molecule has 0 spiro atoms. The van der Waals surface area contributed by atoms with E-state index in [1.165, 1.54) is 11.3 Å². The molecule has 5 nitrogen and oxygen atoms in total. The maximum absolute atomic E-state index is 11.4. The van der Waals surface area contributed by atoms with Gasteiger partial charge in [0.05, 0.1) is 11.4 Å². The number of rotatable bonds is 7. The minimum Gasteiger partial charge on any atom is -0.355 e. The van der Waals surface area contributed by atoms with Crippen LogP contribution in [0.5, 0.6) is 0 Å². The van der Waals surface area contributed by atoms with Crippen LogP contribution < -0.4 is 5.32 Å². The van der Waals surface area contributed by atoms with Gasteiger partial charge in [0, 0.05) is 30.7 Å². The van der Waals surface area contributed by atoms with Crippen molar-refractivity contribution in [3.8, 4) is 10.8 Å². The van der Waals surface area contributed by atoms with Crippen molar-refractivity contribution in [1.29, 1.82) is 0 Å². The first-order valence-corrected chi connectivity index (χ1v) is 8.39. The predicted molar refractivity (Wildman–Crippen MR) is 82.9 cm³/mol. The minimum atomic E-state index is 0.0821. The molecule has 0 radical (unpaired) electrons. The summed E-state index contributed by atoms with van der Waals surface area (Å²) in [4.78, 5) is 24.3. The van der Waals surface area contributed by atoms with E-state index >= 15 is 0 Å². The van der Waals surface area contributed by atoms with Crippen LogP contribution in [-0.2, 0) is 11.2 Å². The first-order chi connectivity index (χ1) is 9.79. The maximum Gasteiger partial charge on any atom is 0.230 e. The molecule has 0 aliphatic carbocycles. The molecular formula is C13H16N4OS2. The van der Waals surface area contributed by atoms with Gasteiger partial charge in [-0.05, 0) is 11.8 Å². The third-order valence-corrected chi connectivity index (χ3v) is 4.21. The molecule has 0 saturated carbocycles. The third kappa shape index (κ3) is 4.57. The van der Waals surface area contributed by atoms with E-state index in [2.05, 4.69) is 20.3 Å². The van der Waals surface area contributed by atoms with Crippen LogP contribution in [0.25, 0.3) is 10.8 Å². The summed E-state index contributed by atoms with van der Waals surface area (Å²) in [6, 6.07) is 1.78. The Labute approximate surface area is 126 Å². The summed E-state index contributed by atoms with van der Waals surface area (Å²) in [5.74, 6) is 2.21. The number of nitrogens with zero attached hydrogens (tertiary/aromatic N) is 3. The molecule has 0 aliphatic heterocycles. The summed E-state index contributed by atoms with van der Waals surface area (Å²) >= 11 is 3.14. The van der Waals surface area contributed by atoms with Gasteiger partial charge in [-0.15, -0.1) is 11.3 Å². The van der Waals surface area contributed by atoms with Gasteiger partial charge in [-0.3, -0.25) is 4.79 Å². The van der Waals surface area contributed by atoms with Crippen LogP contribution in [0.1, 0.15) is 12.6 Å². The monoisotopic (exact) mass is 308 g/mol. The lowest BCUT2D eigenvalue weighted by Gasteiger charge is -2.02. The van der Waals surface area contributed by atoms with Crippen LogP contribution in [-0.4, -0.2) is 38.9 Å². The highest BCUT2D eigenvalue weighted by Crippen LogP contribution is 2.19. The number of hydrogen-bond acceptors (Lipinski definition) is 6. The Bertz CT molecular complexity index is 544. The van der Waals surface area contributed by atoms with Crippen LogP contribution in [0.3, 0.4) is 0 Å². The van der Waals surface area contributed by atoms with Crippen molar-refractivity contribution in [2.24, 2.45) is 0 Å². The van der Waals surface area contributed by atoms with E-state index in [0.29, 0.717) is 18.1 Å². The standard InChI is InChI=1S/C13H16N4OS2/c1-2-19-9-11(18)14-7-4-10-8-20-13(17-10)12-15-5-3-6-16-12/h3,5-6,8H,2,4,7,9H2,1H3,(H,14,18). The normalized spacial score (nSPS) is 10.4. The van der Waals surface area contributed by atoms with Crippen molar-refractivity contribution in [2.45, 2.75) is 13.3 Å². The Hall–Kier alpha value is -1.47. The van der Waals surface area contributed by atoms with Gasteiger partial charge in [-0.1, -0.05) is 6.92 Å². The predicted octanol–water partition coefficient (Wildman–Crippen LogP) is 2.01. The van der Waals surface area contributed by atoms with Crippen molar-refractivity contribution >= 4 is 29.0 Å². The van der Waals surface area contributed by atoms with Crippen molar-refractivity contribution in [1.82, 2.24) is 20.3 Å². The number of aromatic nitrogens is 3. The average molecular weight is 308 g/mol. The zero-order valence-electron chi connectivity index (χ0n) is 11.2. The summed E-state index contributed by atoms with van der Waals surface area (Å²) in [6.45, 7) is 2.66. The van der Waals surface area contributed by atoms with Crippen molar-refractivity contribution in [2.75, 3.05) is 18.1 Å². The molecule has 2 aromatic heterocycles. The number of thiazole rings is 1.